The second-order valence-corrected chi connectivity index (χ2v) is 10.7. The summed E-state index contributed by atoms with van der Waals surface area (Å²) in [6.07, 6.45) is 4.62. The SMILES string of the molecule is CC(C)(C(=O)Nc1ccc(-c2cncc(Cl)c2)cc1)c1cccc(NS(=O)(=O)C2CC2)n1. The lowest BCUT2D eigenvalue weighted by Crippen LogP contribution is -2.35. The molecule has 7 nitrogen and oxygen atoms in total. The van der Waals surface area contributed by atoms with Crippen LogP contribution in [0.4, 0.5) is 11.5 Å². The number of nitrogens with zero attached hydrogens (tertiary/aromatic N) is 2. The lowest BCUT2D eigenvalue weighted by Gasteiger charge is -2.24. The number of benzene rings is 1. The molecule has 0 saturated heterocycles. The first-order valence-corrected chi connectivity index (χ1v) is 12.1. The van der Waals surface area contributed by atoms with Crippen LogP contribution >= 0.6 is 11.6 Å². The van der Waals surface area contributed by atoms with E-state index in [9.17, 15) is 13.2 Å². The van der Waals surface area contributed by atoms with Gasteiger partial charge in [0.2, 0.25) is 15.9 Å². The zero-order chi connectivity index (χ0) is 22.9. The summed E-state index contributed by atoms with van der Waals surface area (Å²) in [5.74, 6) is -0.0425. The van der Waals surface area contributed by atoms with Gasteiger partial charge >= 0.3 is 0 Å². The van der Waals surface area contributed by atoms with E-state index in [0.29, 0.717) is 29.2 Å². The van der Waals surface area contributed by atoms with E-state index in [2.05, 4.69) is 20.0 Å². The summed E-state index contributed by atoms with van der Waals surface area (Å²) in [5.41, 5.74) is 1.91. The summed E-state index contributed by atoms with van der Waals surface area (Å²) in [5, 5.41) is 3.11. The van der Waals surface area contributed by atoms with Crippen molar-refractivity contribution in [3.63, 3.8) is 0 Å². The number of sulfonamides is 1. The molecule has 1 saturated carbocycles. The number of hydrogen-bond acceptors (Lipinski definition) is 5. The first-order chi connectivity index (χ1) is 15.1. The molecule has 2 heterocycles. The molecule has 0 aliphatic heterocycles. The van der Waals surface area contributed by atoms with Crippen LogP contribution in [0, 0.1) is 0 Å². The molecule has 1 aromatic carbocycles. The fourth-order valence-electron chi connectivity index (χ4n) is 3.17. The molecule has 1 aliphatic carbocycles. The van der Waals surface area contributed by atoms with Gasteiger partial charge in [0.1, 0.15) is 5.82 Å². The highest BCUT2D eigenvalue weighted by molar-refractivity contribution is 7.93. The van der Waals surface area contributed by atoms with Crippen molar-refractivity contribution in [2.24, 2.45) is 0 Å². The van der Waals surface area contributed by atoms with Gasteiger partial charge in [0, 0.05) is 23.6 Å². The molecular weight excluding hydrogens is 448 g/mol. The third kappa shape index (κ3) is 4.92. The molecule has 1 amide bonds. The number of carbonyl (C=O) groups excluding carboxylic acids is 1. The Morgan fingerprint density at radius 3 is 2.44 bits per heavy atom. The van der Waals surface area contributed by atoms with E-state index in [1.54, 1.807) is 56.6 Å². The number of nitrogens with one attached hydrogen (secondary N) is 2. The zero-order valence-electron chi connectivity index (χ0n) is 17.7. The largest absolute Gasteiger partial charge is 0.325 e. The van der Waals surface area contributed by atoms with E-state index < -0.39 is 15.4 Å². The van der Waals surface area contributed by atoms with Crippen LogP contribution in [0.2, 0.25) is 5.02 Å². The Bertz CT molecular complexity index is 1260. The number of anilines is 2. The number of carbonyl (C=O) groups is 1. The van der Waals surface area contributed by atoms with Crippen LogP contribution in [0.5, 0.6) is 0 Å². The molecule has 1 aliphatic rings. The van der Waals surface area contributed by atoms with Crippen molar-refractivity contribution < 1.29 is 13.2 Å². The smallest absolute Gasteiger partial charge is 0.236 e. The Hall–Kier alpha value is -2.97. The van der Waals surface area contributed by atoms with Crippen molar-refractivity contribution in [1.29, 1.82) is 0 Å². The molecule has 0 radical (unpaired) electrons. The third-order valence-electron chi connectivity index (χ3n) is 5.35. The van der Waals surface area contributed by atoms with E-state index >= 15 is 0 Å². The van der Waals surface area contributed by atoms with Gasteiger partial charge in [-0.25, -0.2) is 13.4 Å². The molecule has 4 rings (SSSR count). The Kier molecular flexibility index (Phi) is 5.92. The number of pyridine rings is 2. The second kappa shape index (κ2) is 8.52. The molecule has 2 N–H and O–H groups in total. The standard InChI is InChI=1S/C23H23ClN4O3S/c1-23(2,20-4-3-5-21(27-20)28-32(30,31)19-10-11-19)22(29)26-18-8-6-15(7-9-18)16-12-17(24)14-25-13-16/h3-9,12-14,19H,10-11H2,1-2H3,(H,26,29)(H,27,28). The maximum atomic E-state index is 13.0. The molecule has 0 unspecified atom stereocenters. The van der Waals surface area contributed by atoms with Crippen LogP contribution < -0.4 is 10.0 Å². The number of hydrogen-bond donors (Lipinski definition) is 2. The molecule has 0 atom stereocenters. The van der Waals surface area contributed by atoms with Crippen molar-refractivity contribution in [2.45, 2.75) is 37.4 Å². The fourth-order valence-corrected chi connectivity index (χ4v) is 4.67. The molecule has 9 heteroatoms. The molecule has 1 fully saturated rings. The highest BCUT2D eigenvalue weighted by Gasteiger charge is 2.36. The molecule has 2 aromatic heterocycles. The van der Waals surface area contributed by atoms with Crippen LogP contribution in [0.3, 0.4) is 0 Å². The molecule has 0 spiro atoms. The normalized spacial score (nSPS) is 14.1. The summed E-state index contributed by atoms with van der Waals surface area (Å²) < 4.78 is 26.9. The van der Waals surface area contributed by atoms with Crippen LogP contribution in [-0.4, -0.2) is 29.5 Å². The summed E-state index contributed by atoms with van der Waals surface area (Å²) in [6.45, 7) is 3.49. The van der Waals surface area contributed by atoms with Gasteiger partial charge in [0.05, 0.1) is 21.4 Å². The molecule has 3 aromatic rings. The van der Waals surface area contributed by atoms with E-state index in [1.165, 1.54) is 0 Å². The first kappa shape index (κ1) is 22.2. The van der Waals surface area contributed by atoms with Gasteiger partial charge in [-0.05, 0) is 62.6 Å². The van der Waals surface area contributed by atoms with E-state index in [4.69, 9.17) is 11.6 Å². The lowest BCUT2D eigenvalue weighted by molar-refractivity contribution is -0.120. The predicted molar refractivity (Wildman–Crippen MR) is 126 cm³/mol. The summed E-state index contributed by atoms with van der Waals surface area (Å²) in [4.78, 5) is 21.5. The number of rotatable bonds is 7. The Morgan fingerprint density at radius 1 is 1.06 bits per heavy atom. The highest BCUT2D eigenvalue weighted by atomic mass is 35.5. The zero-order valence-corrected chi connectivity index (χ0v) is 19.2. The minimum absolute atomic E-state index is 0.217. The van der Waals surface area contributed by atoms with Crippen LogP contribution in [-0.2, 0) is 20.2 Å². The van der Waals surface area contributed by atoms with E-state index in [0.717, 1.165) is 11.1 Å². The number of aromatic nitrogens is 2. The van der Waals surface area contributed by atoms with Gasteiger partial charge in [0.25, 0.3) is 0 Å². The minimum atomic E-state index is -3.43. The molecule has 0 bridgehead atoms. The van der Waals surface area contributed by atoms with Gasteiger partial charge in [-0.1, -0.05) is 29.8 Å². The highest BCUT2D eigenvalue weighted by Crippen LogP contribution is 2.30. The monoisotopic (exact) mass is 470 g/mol. The van der Waals surface area contributed by atoms with Crippen molar-refractivity contribution in [3.05, 3.63) is 71.6 Å². The summed E-state index contributed by atoms with van der Waals surface area (Å²) in [7, 11) is -3.43. The van der Waals surface area contributed by atoms with Crippen LogP contribution in [0.1, 0.15) is 32.4 Å². The van der Waals surface area contributed by atoms with Crippen molar-refractivity contribution in [2.75, 3.05) is 10.0 Å². The molecule has 166 valence electrons. The minimum Gasteiger partial charge on any atom is -0.325 e. The van der Waals surface area contributed by atoms with Gasteiger partial charge in [-0.2, -0.15) is 0 Å². The van der Waals surface area contributed by atoms with Crippen LogP contribution in [0.15, 0.2) is 60.9 Å². The summed E-state index contributed by atoms with van der Waals surface area (Å²) in [6, 6.07) is 14.2. The van der Waals surface area contributed by atoms with Crippen molar-refractivity contribution in [1.82, 2.24) is 9.97 Å². The molecular formula is C23H23ClN4O3S. The summed E-state index contributed by atoms with van der Waals surface area (Å²) >= 11 is 6.00. The second-order valence-electron chi connectivity index (χ2n) is 8.30. The molecule has 32 heavy (non-hydrogen) atoms. The quantitative estimate of drug-likeness (QED) is 0.524. The van der Waals surface area contributed by atoms with E-state index in [-0.39, 0.29) is 17.0 Å². The lowest BCUT2D eigenvalue weighted by atomic mass is 9.87. The topological polar surface area (TPSA) is 101 Å². The van der Waals surface area contributed by atoms with Gasteiger partial charge in [0.15, 0.2) is 0 Å². The Morgan fingerprint density at radius 2 is 1.78 bits per heavy atom. The Balaban J connectivity index is 1.48. The van der Waals surface area contributed by atoms with E-state index in [1.807, 2.05) is 18.2 Å². The maximum Gasteiger partial charge on any atom is 0.236 e. The maximum absolute atomic E-state index is 13.0. The third-order valence-corrected chi connectivity index (χ3v) is 7.40. The first-order valence-electron chi connectivity index (χ1n) is 10.2. The average molecular weight is 471 g/mol. The Labute approximate surface area is 192 Å². The van der Waals surface area contributed by atoms with Crippen molar-refractivity contribution in [3.8, 4) is 11.1 Å². The van der Waals surface area contributed by atoms with Gasteiger partial charge < -0.3 is 5.32 Å². The predicted octanol–water partition coefficient (Wildman–Crippen LogP) is 4.62. The van der Waals surface area contributed by atoms with Gasteiger partial charge in [-0.15, -0.1) is 0 Å². The number of halogens is 1. The average Bonchev–Trinajstić information content (AvgIpc) is 3.60. The van der Waals surface area contributed by atoms with Gasteiger partial charge in [-0.3, -0.25) is 14.5 Å². The fraction of sp³-hybridized carbons (Fsp3) is 0.261. The van der Waals surface area contributed by atoms with Crippen molar-refractivity contribution >= 4 is 39.0 Å². The number of amides is 1. The van der Waals surface area contributed by atoms with Crippen LogP contribution in [0.25, 0.3) is 11.1 Å².